The van der Waals surface area contributed by atoms with Crippen molar-refractivity contribution in [3.8, 4) is 5.75 Å². The minimum absolute atomic E-state index is 0.172. The van der Waals surface area contributed by atoms with E-state index in [1.165, 1.54) is 0 Å². The molecule has 0 amide bonds. The second-order valence-electron chi connectivity index (χ2n) is 3.92. The van der Waals surface area contributed by atoms with Crippen molar-refractivity contribution < 1.29 is 13.5 Å². The van der Waals surface area contributed by atoms with Gasteiger partial charge in [0, 0.05) is 24.7 Å². The van der Waals surface area contributed by atoms with Gasteiger partial charge in [0.05, 0.1) is 0 Å². The largest absolute Gasteiger partial charge is 0.489 e. The van der Waals surface area contributed by atoms with Crippen molar-refractivity contribution in [3.05, 3.63) is 65.2 Å². The highest BCUT2D eigenvalue weighted by atomic mass is 19.1. The zero-order chi connectivity index (χ0) is 13.0. The first-order chi connectivity index (χ1) is 8.67. The number of benzene rings is 2. The fourth-order valence-corrected chi connectivity index (χ4v) is 1.62. The van der Waals surface area contributed by atoms with Crippen LogP contribution in [-0.4, -0.2) is 0 Å². The Morgan fingerprint density at radius 2 is 1.61 bits per heavy atom. The summed E-state index contributed by atoms with van der Waals surface area (Å²) in [5.41, 5.74) is 7.42. The van der Waals surface area contributed by atoms with Crippen LogP contribution in [0, 0.1) is 11.6 Å². The molecule has 0 heterocycles. The fraction of sp³-hybridized carbons (Fsp3) is 0.143. The second-order valence-corrected chi connectivity index (χ2v) is 3.92. The van der Waals surface area contributed by atoms with Crippen molar-refractivity contribution in [1.82, 2.24) is 0 Å². The zero-order valence-corrected chi connectivity index (χ0v) is 9.70. The quantitative estimate of drug-likeness (QED) is 0.904. The number of ether oxygens (including phenoxy) is 1. The van der Waals surface area contributed by atoms with Crippen LogP contribution in [0.3, 0.4) is 0 Å². The Morgan fingerprint density at radius 1 is 0.944 bits per heavy atom. The highest BCUT2D eigenvalue weighted by molar-refractivity contribution is 5.26. The Bertz CT molecular complexity index is 523. The molecular formula is C14H13F2NO. The zero-order valence-electron chi connectivity index (χ0n) is 9.70. The summed E-state index contributed by atoms with van der Waals surface area (Å²) in [5.74, 6) is -1.13. The van der Waals surface area contributed by atoms with E-state index in [4.69, 9.17) is 10.5 Å². The Morgan fingerprint density at radius 3 is 2.28 bits per heavy atom. The van der Waals surface area contributed by atoms with Crippen molar-refractivity contribution in [2.24, 2.45) is 5.73 Å². The van der Waals surface area contributed by atoms with Gasteiger partial charge in [-0.1, -0.05) is 24.3 Å². The van der Waals surface area contributed by atoms with Crippen LogP contribution in [0.1, 0.15) is 11.1 Å². The molecule has 0 bridgehead atoms. The lowest BCUT2D eigenvalue weighted by Gasteiger charge is -2.07. The van der Waals surface area contributed by atoms with Gasteiger partial charge in [0.15, 0.2) is 0 Å². The average Bonchev–Trinajstić information content (AvgIpc) is 2.35. The molecule has 2 N–H and O–H groups in total. The van der Waals surface area contributed by atoms with Gasteiger partial charge in [0.25, 0.3) is 0 Å². The van der Waals surface area contributed by atoms with Crippen molar-refractivity contribution in [2.45, 2.75) is 13.2 Å². The van der Waals surface area contributed by atoms with E-state index in [-0.39, 0.29) is 12.4 Å². The maximum absolute atomic E-state index is 12.9. The van der Waals surface area contributed by atoms with Crippen LogP contribution in [0.25, 0.3) is 0 Å². The highest BCUT2D eigenvalue weighted by Gasteiger charge is 2.02. The summed E-state index contributed by atoms with van der Waals surface area (Å²) in [4.78, 5) is 0. The van der Waals surface area contributed by atoms with Crippen molar-refractivity contribution in [3.63, 3.8) is 0 Å². The third-order valence-corrected chi connectivity index (χ3v) is 2.47. The third kappa shape index (κ3) is 3.28. The Kier molecular flexibility index (Phi) is 3.89. The molecule has 2 aromatic carbocycles. The van der Waals surface area contributed by atoms with E-state index in [9.17, 15) is 8.78 Å². The Labute approximate surface area is 104 Å². The Balaban J connectivity index is 2.06. The van der Waals surface area contributed by atoms with Crippen molar-refractivity contribution >= 4 is 0 Å². The number of halogens is 2. The number of hydrogen-bond donors (Lipinski definition) is 1. The topological polar surface area (TPSA) is 35.2 Å². The summed E-state index contributed by atoms with van der Waals surface area (Å²) >= 11 is 0. The van der Waals surface area contributed by atoms with Crippen LogP contribution < -0.4 is 10.5 Å². The average molecular weight is 249 g/mol. The standard InChI is InChI=1S/C14H13F2NO/c15-12-5-13(16)7-14(6-12)18-9-11-3-1-2-10(4-11)8-17/h1-7H,8-9,17H2. The lowest BCUT2D eigenvalue weighted by Crippen LogP contribution is -2.00. The molecule has 0 aliphatic heterocycles. The van der Waals surface area contributed by atoms with E-state index in [1.807, 2.05) is 24.3 Å². The first-order valence-electron chi connectivity index (χ1n) is 5.54. The second kappa shape index (κ2) is 5.60. The Hall–Kier alpha value is -1.94. The van der Waals surface area contributed by atoms with E-state index in [0.717, 1.165) is 29.3 Å². The SMILES string of the molecule is NCc1cccc(COc2cc(F)cc(F)c2)c1. The van der Waals surface area contributed by atoms with E-state index in [1.54, 1.807) is 0 Å². The number of rotatable bonds is 4. The molecule has 94 valence electrons. The fourth-order valence-electron chi connectivity index (χ4n) is 1.62. The van der Waals surface area contributed by atoms with Gasteiger partial charge in [-0.2, -0.15) is 0 Å². The molecule has 0 fully saturated rings. The van der Waals surface area contributed by atoms with E-state index < -0.39 is 11.6 Å². The molecule has 2 nitrogen and oxygen atoms in total. The monoisotopic (exact) mass is 249 g/mol. The summed E-state index contributed by atoms with van der Waals surface area (Å²) in [6, 6.07) is 10.6. The molecule has 0 unspecified atom stereocenters. The predicted octanol–water partition coefficient (Wildman–Crippen LogP) is 3.00. The molecule has 0 saturated carbocycles. The summed E-state index contributed by atoms with van der Waals surface area (Å²) < 4.78 is 31.2. The van der Waals surface area contributed by atoms with Crippen LogP contribution in [0.2, 0.25) is 0 Å². The first-order valence-corrected chi connectivity index (χ1v) is 5.54. The maximum Gasteiger partial charge on any atom is 0.129 e. The molecule has 0 aromatic heterocycles. The van der Waals surface area contributed by atoms with Gasteiger partial charge in [-0.15, -0.1) is 0 Å². The van der Waals surface area contributed by atoms with Gasteiger partial charge in [0.1, 0.15) is 24.0 Å². The van der Waals surface area contributed by atoms with Crippen LogP contribution in [-0.2, 0) is 13.2 Å². The summed E-state index contributed by atoms with van der Waals surface area (Å²) in [6.45, 7) is 0.694. The summed E-state index contributed by atoms with van der Waals surface area (Å²) in [6.07, 6.45) is 0. The number of nitrogens with two attached hydrogens (primary N) is 1. The van der Waals surface area contributed by atoms with Gasteiger partial charge in [0.2, 0.25) is 0 Å². The van der Waals surface area contributed by atoms with Crippen LogP contribution in [0.15, 0.2) is 42.5 Å². The predicted molar refractivity (Wildman–Crippen MR) is 65.0 cm³/mol. The third-order valence-electron chi connectivity index (χ3n) is 2.47. The minimum atomic E-state index is -0.652. The van der Waals surface area contributed by atoms with Crippen LogP contribution >= 0.6 is 0 Å². The molecular weight excluding hydrogens is 236 g/mol. The molecule has 18 heavy (non-hydrogen) atoms. The van der Waals surface area contributed by atoms with Gasteiger partial charge in [-0.05, 0) is 11.1 Å². The van der Waals surface area contributed by atoms with Crippen molar-refractivity contribution in [1.29, 1.82) is 0 Å². The first kappa shape index (κ1) is 12.5. The smallest absolute Gasteiger partial charge is 0.129 e. The summed E-state index contributed by atoms with van der Waals surface area (Å²) in [7, 11) is 0. The summed E-state index contributed by atoms with van der Waals surface area (Å²) in [5, 5.41) is 0. The van der Waals surface area contributed by atoms with Gasteiger partial charge in [-0.3, -0.25) is 0 Å². The highest BCUT2D eigenvalue weighted by Crippen LogP contribution is 2.17. The molecule has 0 aliphatic carbocycles. The van der Waals surface area contributed by atoms with E-state index in [2.05, 4.69) is 0 Å². The molecule has 4 heteroatoms. The lowest BCUT2D eigenvalue weighted by atomic mass is 10.1. The molecule has 0 saturated heterocycles. The van der Waals surface area contributed by atoms with E-state index in [0.29, 0.717) is 6.54 Å². The van der Waals surface area contributed by atoms with Crippen molar-refractivity contribution in [2.75, 3.05) is 0 Å². The molecule has 0 spiro atoms. The van der Waals surface area contributed by atoms with E-state index >= 15 is 0 Å². The molecule has 0 atom stereocenters. The maximum atomic E-state index is 12.9. The normalized spacial score (nSPS) is 10.4. The lowest BCUT2D eigenvalue weighted by molar-refractivity contribution is 0.302. The molecule has 0 aliphatic rings. The molecule has 2 aromatic rings. The van der Waals surface area contributed by atoms with Gasteiger partial charge in [-0.25, -0.2) is 8.78 Å². The minimum Gasteiger partial charge on any atom is -0.489 e. The number of hydrogen-bond acceptors (Lipinski definition) is 2. The van der Waals surface area contributed by atoms with Gasteiger partial charge >= 0.3 is 0 Å². The molecule has 0 radical (unpaired) electrons. The van der Waals surface area contributed by atoms with Crippen LogP contribution in [0.4, 0.5) is 8.78 Å². The van der Waals surface area contributed by atoms with Crippen LogP contribution in [0.5, 0.6) is 5.75 Å². The molecule has 2 rings (SSSR count). The van der Waals surface area contributed by atoms with Gasteiger partial charge < -0.3 is 10.5 Å².